The second-order valence-corrected chi connectivity index (χ2v) is 11.2. The summed E-state index contributed by atoms with van der Waals surface area (Å²) in [5.41, 5.74) is 1.52. The third-order valence-corrected chi connectivity index (χ3v) is 8.78. The second-order valence-electron chi connectivity index (χ2n) is 9.31. The third kappa shape index (κ3) is 4.74. The van der Waals surface area contributed by atoms with Gasteiger partial charge in [0.2, 0.25) is 5.91 Å². The number of amides is 1. The molecule has 1 saturated heterocycles. The van der Waals surface area contributed by atoms with Crippen molar-refractivity contribution in [2.75, 3.05) is 30.7 Å². The number of nitrogens with zero attached hydrogens (tertiary/aromatic N) is 4. The highest BCUT2D eigenvalue weighted by molar-refractivity contribution is 9.10. The van der Waals surface area contributed by atoms with Crippen molar-refractivity contribution in [1.82, 2.24) is 24.3 Å². The van der Waals surface area contributed by atoms with E-state index in [1.165, 1.54) is 11.8 Å². The van der Waals surface area contributed by atoms with E-state index in [-0.39, 0.29) is 35.5 Å². The van der Waals surface area contributed by atoms with Crippen molar-refractivity contribution in [2.45, 2.75) is 42.9 Å². The van der Waals surface area contributed by atoms with Gasteiger partial charge in [-0.15, -0.1) is 24.2 Å². The molecule has 6 rings (SSSR count). The summed E-state index contributed by atoms with van der Waals surface area (Å²) in [4.78, 5) is 44.8. The normalized spacial score (nSPS) is 19.7. The summed E-state index contributed by atoms with van der Waals surface area (Å²) in [5, 5.41) is 7.40. The number of thioether (sulfide) groups is 1. The van der Waals surface area contributed by atoms with Gasteiger partial charge in [0, 0.05) is 47.7 Å². The number of hydrogen-bond acceptors (Lipinski definition) is 7. The van der Waals surface area contributed by atoms with Gasteiger partial charge in [-0.1, -0.05) is 0 Å². The molecule has 3 aromatic heterocycles. The summed E-state index contributed by atoms with van der Waals surface area (Å²) in [6, 6.07) is 9.14. The Balaban J connectivity index is 0.00000267. The zero-order valence-corrected chi connectivity index (χ0v) is 22.6. The van der Waals surface area contributed by atoms with E-state index in [0.717, 1.165) is 58.6 Å². The Hall–Kier alpha value is -2.18. The third-order valence-electron chi connectivity index (χ3n) is 7.06. The maximum atomic E-state index is 12.7. The van der Waals surface area contributed by atoms with E-state index in [4.69, 9.17) is 0 Å². The number of piperidine rings is 1. The molecule has 3 aliphatic heterocycles. The maximum absolute atomic E-state index is 12.7. The monoisotopic (exact) mass is 592 g/mol. The molecule has 190 valence electrons. The minimum absolute atomic E-state index is 0. The highest BCUT2D eigenvalue weighted by Crippen LogP contribution is 2.33. The number of carbonyl (C=O) groups is 1. The number of pyridine rings is 3. The lowest BCUT2D eigenvalue weighted by molar-refractivity contribution is -0.113. The van der Waals surface area contributed by atoms with Crippen LogP contribution >= 0.6 is 40.1 Å². The summed E-state index contributed by atoms with van der Waals surface area (Å²) in [6.45, 7) is 3.77. The topological polar surface area (TPSA) is 101 Å². The molecule has 0 aromatic carbocycles. The molecule has 0 aliphatic carbocycles. The SMILES string of the molecule is Cl.O=C1CSc2cc(Br)c(CNC3CCN(CC4Cn5c(=O)ccc6ccc(=O)n4c65)CC3)nc2N1. The van der Waals surface area contributed by atoms with Gasteiger partial charge in [-0.25, -0.2) is 4.98 Å². The van der Waals surface area contributed by atoms with Crippen LogP contribution in [0.25, 0.3) is 11.0 Å². The van der Waals surface area contributed by atoms with E-state index >= 15 is 0 Å². The molecule has 0 radical (unpaired) electrons. The summed E-state index contributed by atoms with van der Waals surface area (Å²) in [6.07, 6.45) is 1.99. The number of aromatic nitrogens is 3. The molecular weight excluding hydrogens is 568 g/mol. The minimum atomic E-state index is -0.0534. The highest BCUT2D eigenvalue weighted by Gasteiger charge is 2.29. The van der Waals surface area contributed by atoms with Gasteiger partial charge in [0.1, 0.15) is 11.5 Å². The number of rotatable bonds is 5. The molecule has 2 N–H and O–H groups in total. The molecular formula is C24H26BrClN6O3S. The number of carbonyl (C=O) groups excluding carboxylic acids is 1. The average Bonchev–Trinajstić information content (AvgIpc) is 3.24. The molecule has 9 nitrogen and oxygen atoms in total. The van der Waals surface area contributed by atoms with Gasteiger partial charge in [-0.05, 0) is 60.1 Å². The van der Waals surface area contributed by atoms with Crippen LogP contribution in [0.15, 0.2) is 49.3 Å². The molecule has 0 spiro atoms. The van der Waals surface area contributed by atoms with Crippen molar-refractivity contribution in [1.29, 1.82) is 0 Å². The second kappa shape index (κ2) is 10.3. The van der Waals surface area contributed by atoms with Crippen molar-refractivity contribution in [3.63, 3.8) is 0 Å². The Labute approximate surface area is 226 Å². The fourth-order valence-corrected chi connectivity index (χ4v) is 6.70. The number of likely N-dealkylation sites (tertiary alicyclic amines) is 1. The smallest absolute Gasteiger partial charge is 0.252 e. The van der Waals surface area contributed by atoms with Gasteiger partial charge in [0.05, 0.1) is 22.4 Å². The van der Waals surface area contributed by atoms with Crippen LogP contribution in [0.1, 0.15) is 24.6 Å². The lowest BCUT2D eigenvalue weighted by atomic mass is 10.0. The van der Waals surface area contributed by atoms with Gasteiger partial charge in [0.25, 0.3) is 11.1 Å². The van der Waals surface area contributed by atoms with Crippen LogP contribution in [0, 0.1) is 0 Å². The van der Waals surface area contributed by atoms with E-state index < -0.39 is 0 Å². The quantitative estimate of drug-likeness (QED) is 0.469. The van der Waals surface area contributed by atoms with Crippen LogP contribution in [0.3, 0.4) is 0 Å². The molecule has 6 heterocycles. The Bertz CT molecular complexity index is 1450. The van der Waals surface area contributed by atoms with Crippen LogP contribution in [-0.4, -0.2) is 56.4 Å². The average molecular weight is 594 g/mol. The first kappa shape index (κ1) is 25.5. The number of anilines is 1. The minimum Gasteiger partial charge on any atom is -0.309 e. The molecule has 36 heavy (non-hydrogen) atoms. The summed E-state index contributed by atoms with van der Waals surface area (Å²) >= 11 is 5.12. The molecule has 12 heteroatoms. The first-order chi connectivity index (χ1) is 17.0. The first-order valence-corrected chi connectivity index (χ1v) is 13.6. The molecule has 3 aliphatic rings. The zero-order valence-electron chi connectivity index (χ0n) is 19.4. The number of hydrogen-bond donors (Lipinski definition) is 2. The standard InChI is InChI=1S/C24H25BrN6O3S.ClH/c25-17-9-19-23(28-20(32)13-35-19)27-18(17)10-26-15-5-7-29(8-6-15)11-16-12-30-21(33)3-1-14-2-4-22(34)31(16)24(14)30;/h1-4,9,15-16,26H,5-8,10-13H2,(H,27,28,32);1H. The van der Waals surface area contributed by atoms with E-state index in [0.29, 0.717) is 30.7 Å². The number of fused-ring (bicyclic) bond motifs is 1. The van der Waals surface area contributed by atoms with Crippen molar-refractivity contribution in [3.05, 3.63) is 61.2 Å². The Morgan fingerprint density at radius 2 is 1.86 bits per heavy atom. The highest BCUT2D eigenvalue weighted by atomic mass is 79.9. The maximum Gasteiger partial charge on any atom is 0.252 e. The molecule has 1 unspecified atom stereocenters. The summed E-state index contributed by atoms with van der Waals surface area (Å²) < 4.78 is 4.48. The summed E-state index contributed by atoms with van der Waals surface area (Å²) in [5.74, 6) is 1.05. The van der Waals surface area contributed by atoms with E-state index in [1.807, 2.05) is 6.07 Å². The van der Waals surface area contributed by atoms with E-state index in [1.54, 1.807) is 33.4 Å². The van der Waals surface area contributed by atoms with Crippen molar-refractivity contribution in [2.24, 2.45) is 0 Å². The largest absolute Gasteiger partial charge is 0.309 e. The van der Waals surface area contributed by atoms with E-state index in [9.17, 15) is 14.4 Å². The van der Waals surface area contributed by atoms with Gasteiger partial charge >= 0.3 is 0 Å². The lowest BCUT2D eigenvalue weighted by Crippen LogP contribution is -2.44. The molecule has 1 amide bonds. The predicted octanol–water partition coefficient (Wildman–Crippen LogP) is 2.60. The summed E-state index contributed by atoms with van der Waals surface area (Å²) in [7, 11) is 0. The van der Waals surface area contributed by atoms with Crippen LogP contribution in [-0.2, 0) is 17.9 Å². The van der Waals surface area contributed by atoms with Gasteiger partial charge in [-0.2, -0.15) is 0 Å². The predicted molar refractivity (Wildman–Crippen MR) is 146 cm³/mol. The Kier molecular flexibility index (Phi) is 7.28. The van der Waals surface area contributed by atoms with Crippen molar-refractivity contribution >= 4 is 62.9 Å². The van der Waals surface area contributed by atoms with Crippen LogP contribution in [0.5, 0.6) is 0 Å². The van der Waals surface area contributed by atoms with Gasteiger partial charge < -0.3 is 15.5 Å². The zero-order chi connectivity index (χ0) is 24.1. The van der Waals surface area contributed by atoms with Gasteiger partial charge in [-0.3, -0.25) is 23.5 Å². The molecule has 0 bridgehead atoms. The Morgan fingerprint density at radius 1 is 1.11 bits per heavy atom. The van der Waals surface area contributed by atoms with Gasteiger partial charge in [0.15, 0.2) is 0 Å². The fourth-order valence-electron chi connectivity index (χ4n) is 5.30. The fraction of sp³-hybridized carbons (Fsp3) is 0.417. The lowest BCUT2D eigenvalue weighted by Gasteiger charge is -2.34. The van der Waals surface area contributed by atoms with Crippen LogP contribution in [0.2, 0.25) is 0 Å². The van der Waals surface area contributed by atoms with Crippen LogP contribution in [0.4, 0.5) is 5.82 Å². The van der Waals surface area contributed by atoms with Crippen LogP contribution < -0.4 is 21.8 Å². The Morgan fingerprint density at radius 3 is 2.64 bits per heavy atom. The number of halogens is 2. The van der Waals surface area contributed by atoms with Crippen molar-refractivity contribution in [3.8, 4) is 0 Å². The van der Waals surface area contributed by atoms with E-state index in [2.05, 4.69) is 36.4 Å². The first-order valence-electron chi connectivity index (χ1n) is 11.8. The molecule has 0 saturated carbocycles. The molecule has 1 atom stereocenters. The number of nitrogens with one attached hydrogen (secondary N) is 2. The molecule has 1 fully saturated rings. The van der Waals surface area contributed by atoms with Crippen molar-refractivity contribution < 1.29 is 4.79 Å². The molecule has 3 aromatic rings.